The second kappa shape index (κ2) is 6.77. The van der Waals surface area contributed by atoms with Gasteiger partial charge in [0.05, 0.1) is 17.5 Å². The number of hydrogen-bond donors (Lipinski definition) is 1. The van der Waals surface area contributed by atoms with Crippen LogP contribution in [-0.2, 0) is 0 Å². The van der Waals surface area contributed by atoms with Crippen molar-refractivity contribution in [2.24, 2.45) is 0 Å². The number of fused-ring (bicyclic) bond motifs is 1. The van der Waals surface area contributed by atoms with Gasteiger partial charge in [0.15, 0.2) is 11.4 Å². The van der Waals surface area contributed by atoms with Gasteiger partial charge in [0.1, 0.15) is 11.6 Å². The molecule has 4 rings (SSSR count). The van der Waals surface area contributed by atoms with Crippen LogP contribution in [0.4, 0.5) is 28.2 Å². The molecule has 0 aliphatic carbocycles. The fourth-order valence-corrected chi connectivity index (χ4v) is 3.60. The molecule has 5 nitrogen and oxygen atoms in total. The van der Waals surface area contributed by atoms with Gasteiger partial charge in [-0.05, 0) is 24.3 Å². The van der Waals surface area contributed by atoms with E-state index in [1.807, 2.05) is 0 Å². The van der Waals surface area contributed by atoms with Crippen LogP contribution in [0.5, 0.6) is 0 Å². The summed E-state index contributed by atoms with van der Waals surface area (Å²) in [6.07, 6.45) is -0.432. The van der Waals surface area contributed by atoms with Crippen LogP contribution in [0.2, 0.25) is 0 Å². The summed E-state index contributed by atoms with van der Waals surface area (Å²) in [4.78, 5) is 13.3. The molecule has 0 saturated carbocycles. The van der Waals surface area contributed by atoms with Gasteiger partial charge in [0.25, 0.3) is 5.92 Å². The molecule has 0 atom stereocenters. The number of benzene rings is 2. The van der Waals surface area contributed by atoms with E-state index < -0.39 is 36.6 Å². The number of hydrogen-bond acceptors (Lipinski definition) is 3. The van der Waals surface area contributed by atoms with Crippen LogP contribution in [0.1, 0.15) is 6.42 Å². The molecule has 1 aliphatic heterocycles. The zero-order chi connectivity index (χ0) is 20.1. The third-order valence-corrected chi connectivity index (χ3v) is 4.91. The minimum atomic E-state index is -2.95. The average molecular weight is 458 g/mol. The van der Waals surface area contributed by atoms with Gasteiger partial charge in [-0.25, -0.2) is 22.4 Å². The number of urea groups is 1. The molecule has 3 aromatic rings. The minimum absolute atomic E-state index is 0.100. The number of rotatable bonds is 2. The predicted octanol–water partition coefficient (Wildman–Crippen LogP) is 5.41. The molecule has 0 bridgehead atoms. The van der Waals surface area contributed by atoms with E-state index in [1.54, 1.807) is 0 Å². The normalized spacial score (nSPS) is 16.0. The molecule has 1 N–H and O–H groups in total. The number of nitrogens with one attached hydrogen (secondary N) is 1. The second-order valence-corrected chi connectivity index (χ2v) is 7.33. The van der Waals surface area contributed by atoms with Crippen LogP contribution in [0.15, 0.2) is 39.3 Å². The van der Waals surface area contributed by atoms with E-state index in [0.717, 1.165) is 17.0 Å². The summed E-state index contributed by atoms with van der Waals surface area (Å²) >= 11 is 3.24. The maximum atomic E-state index is 14.3. The fraction of sp³-hybridized carbons (Fsp3) is 0.222. The standard InChI is InChI=1S/C18H12BrF4N3O2/c19-9-6-10(14-11(20)2-1-3-12(14)21)15-13(7-9)28-25-16(15)24-17(27)26-5-4-18(22,23)8-26/h1-3,6-7H,4-5,8H2,(H,24,25,27). The lowest BCUT2D eigenvalue weighted by molar-refractivity contribution is 0.0159. The lowest BCUT2D eigenvalue weighted by Crippen LogP contribution is -2.35. The molecule has 1 aliphatic rings. The fourth-order valence-electron chi connectivity index (χ4n) is 3.17. The van der Waals surface area contributed by atoms with Gasteiger partial charge >= 0.3 is 6.03 Å². The summed E-state index contributed by atoms with van der Waals surface area (Å²) in [6, 6.07) is 5.61. The quantitative estimate of drug-likeness (QED) is 0.523. The first kappa shape index (κ1) is 18.7. The van der Waals surface area contributed by atoms with Crippen molar-refractivity contribution in [1.29, 1.82) is 0 Å². The van der Waals surface area contributed by atoms with Crippen molar-refractivity contribution >= 4 is 38.7 Å². The minimum Gasteiger partial charge on any atom is -0.354 e. The van der Waals surface area contributed by atoms with E-state index >= 15 is 0 Å². The van der Waals surface area contributed by atoms with Gasteiger partial charge < -0.3 is 9.42 Å². The zero-order valence-electron chi connectivity index (χ0n) is 14.1. The molecule has 2 amide bonds. The van der Waals surface area contributed by atoms with Crippen molar-refractivity contribution < 1.29 is 26.9 Å². The van der Waals surface area contributed by atoms with Gasteiger partial charge in [-0.1, -0.05) is 27.2 Å². The molecule has 2 heterocycles. The smallest absolute Gasteiger partial charge is 0.323 e. The number of halogens is 5. The Hall–Kier alpha value is -2.62. The Labute approximate surface area is 164 Å². The Balaban J connectivity index is 1.78. The Kier molecular flexibility index (Phi) is 4.53. The second-order valence-electron chi connectivity index (χ2n) is 6.41. The third kappa shape index (κ3) is 3.32. The molecule has 0 radical (unpaired) electrons. The topological polar surface area (TPSA) is 58.4 Å². The number of carbonyl (C=O) groups is 1. The summed E-state index contributed by atoms with van der Waals surface area (Å²) in [5, 5.41) is 6.30. The molecular weight excluding hydrogens is 446 g/mol. The monoisotopic (exact) mass is 457 g/mol. The highest BCUT2D eigenvalue weighted by molar-refractivity contribution is 9.10. The van der Waals surface area contributed by atoms with Crippen LogP contribution >= 0.6 is 15.9 Å². The molecule has 1 aromatic heterocycles. The molecule has 0 spiro atoms. The number of carbonyl (C=O) groups excluding carboxylic acids is 1. The molecule has 1 fully saturated rings. The summed E-state index contributed by atoms with van der Waals surface area (Å²) in [6.45, 7) is -0.829. The van der Waals surface area contributed by atoms with Crippen molar-refractivity contribution in [1.82, 2.24) is 10.1 Å². The first-order chi connectivity index (χ1) is 13.2. The van der Waals surface area contributed by atoms with Gasteiger partial charge in [-0.15, -0.1) is 0 Å². The first-order valence-corrected chi connectivity index (χ1v) is 9.01. The van der Waals surface area contributed by atoms with E-state index in [0.29, 0.717) is 4.47 Å². The van der Waals surface area contributed by atoms with Gasteiger partial charge in [0.2, 0.25) is 0 Å². The lowest BCUT2D eigenvalue weighted by Gasteiger charge is -2.16. The highest BCUT2D eigenvalue weighted by Crippen LogP contribution is 2.39. The van der Waals surface area contributed by atoms with Crippen molar-refractivity contribution in [2.45, 2.75) is 12.3 Å². The average Bonchev–Trinajstić information content (AvgIpc) is 3.17. The Bertz CT molecular complexity index is 1070. The number of alkyl halides is 2. The highest BCUT2D eigenvalue weighted by Gasteiger charge is 2.40. The molecule has 1 saturated heterocycles. The van der Waals surface area contributed by atoms with E-state index in [9.17, 15) is 22.4 Å². The third-order valence-electron chi connectivity index (χ3n) is 4.45. The Morgan fingerprint density at radius 3 is 2.61 bits per heavy atom. The van der Waals surface area contributed by atoms with Crippen molar-refractivity contribution in [3.63, 3.8) is 0 Å². The molecule has 2 aromatic carbocycles. The van der Waals surface area contributed by atoms with Crippen molar-refractivity contribution in [3.8, 4) is 11.1 Å². The molecular formula is C18H12BrF4N3O2. The van der Waals surface area contributed by atoms with E-state index in [2.05, 4.69) is 26.4 Å². The number of anilines is 1. The zero-order valence-corrected chi connectivity index (χ0v) is 15.7. The van der Waals surface area contributed by atoms with E-state index in [4.69, 9.17) is 4.52 Å². The Morgan fingerprint density at radius 2 is 1.96 bits per heavy atom. The maximum Gasteiger partial charge on any atom is 0.323 e. The van der Waals surface area contributed by atoms with Gasteiger partial charge in [0, 0.05) is 23.0 Å². The summed E-state index contributed by atoms with van der Waals surface area (Å²) in [5.74, 6) is -4.68. The van der Waals surface area contributed by atoms with Crippen LogP contribution in [0.25, 0.3) is 22.1 Å². The van der Waals surface area contributed by atoms with Crippen LogP contribution < -0.4 is 5.32 Å². The van der Waals surface area contributed by atoms with Gasteiger partial charge in [-0.3, -0.25) is 5.32 Å². The van der Waals surface area contributed by atoms with Crippen molar-refractivity contribution in [2.75, 3.05) is 18.4 Å². The number of aromatic nitrogens is 1. The van der Waals surface area contributed by atoms with Gasteiger partial charge in [-0.2, -0.15) is 0 Å². The van der Waals surface area contributed by atoms with Crippen molar-refractivity contribution in [3.05, 3.63) is 46.4 Å². The maximum absolute atomic E-state index is 14.3. The van der Waals surface area contributed by atoms with E-state index in [1.165, 1.54) is 18.2 Å². The Morgan fingerprint density at radius 1 is 1.25 bits per heavy atom. The van der Waals surface area contributed by atoms with Crippen LogP contribution in [0.3, 0.4) is 0 Å². The van der Waals surface area contributed by atoms with Crippen LogP contribution in [-0.4, -0.2) is 35.1 Å². The lowest BCUT2D eigenvalue weighted by atomic mass is 10.0. The number of amides is 2. The highest BCUT2D eigenvalue weighted by atomic mass is 79.9. The largest absolute Gasteiger partial charge is 0.354 e. The van der Waals surface area contributed by atoms with E-state index in [-0.39, 0.29) is 34.5 Å². The SMILES string of the molecule is O=C(Nc1noc2cc(Br)cc(-c3c(F)cccc3F)c12)N1CCC(F)(F)C1. The summed E-state index contributed by atoms with van der Waals surface area (Å²) in [7, 11) is 0. The summed E-state index contributed by atoms with van der Waals surface area (Å²) < 4.78 is 61.1. The first-order valence-electron chi connectivity index (χ1n) is 8.22. The predicted molar refractivity (Wildman–Crippen MR) is 97.2 cm³/mol. The number of likely N-dealkylation sites (tertiary alicyclic amines) is 1. The molecule has 0 unspecified atom stereocenters. The molecule has 28 heavy (non-hydrogen) atoms. The summed E-state index contributed by atoms with van der Waals surface area (Å²) in [5.41, 5.74) is -0.0578. The number of nitrogens with zero attached hydrogens (tertiary/aromatic N) is 2. The molecule has 146 valence electrons. The van der Waals surface area contributed by atoms with Crippen LogP contribution in [0, 0.1) is 11.6 Å². The molecule has 10 heteroatoms.